The maximum Gasteiger partial charge on any atom is 0.359 e. The normalized spacial score (nSPS) is 10.0. The van der Waals surface area contributed by atoms with Crippen molar-refractivity contribution in [1.29, 1.82) is 0 Å². The van der Waals surface area contributed by atoms with E-state index in [9.17, 15) is 10.1 Å². The molecule has 1 rings (SSSR count). The summed E-state index contributed by atoms with van der Waals surface area (Å²) in [6, 6.07) is 0. The van der Waals surface area contributed by atoms with Gasteiger partial charge in [-0.2, -0.15) is 0 Å². The molecule has 0 saturated carbocycles. The SMILES string of the molecule is CCn1ncc(Br)c1[N+](=O)[O-]. The van der Waals surface area contributed by atoms with Crippen molar-refractivity contribution in [3.05, 3.63) is 20.8 Å². The molecule has 0 atom stereocenters. The maximum atomic E-state index is 10.4. The molecular weight excluding hydrogens is 214 g/mol. The number of nitro groups is 1. The Morgan fingerprint density at radius 2 is 2.55 bits per heavy atom. The lowest BCUT2D eigenvalue weighted by Gasteiger charge is -1.94. The minimum absolute atomic E-state index is 0.00694. The second kappa shape index (κ2) is 3.00. The third kappa shape index (κ3) is 1.40. The van der Waals surface area contributed by atoms with Gasteiger partial charge in [0, 0.05) is 0 Å². The van der Waals surface area contributed by atoms with Crippen LogP contribution >= 0.6 is 15.9 Å². The van der Waals surface area contributed by atoms with Crippen LogP contribution < -0.4 is 0 Å². The van der Waals surface area contributed by atoms with Gasteiger partial charge in [0.1, 0.15) is 11.0 Å². The largest absolute Gasteiger partial charge is 0.359 e. The first-order valence-corrected chi connectivity index (χ1v) is 3.81. The lowest BCUT2D eigenvalue weighted by Crippen LogP contribution is -2.02. The van der Waals surface area contributed by atoms with Crippen molar-refractivity contribution < 1.29 is 4.92 Å². The molecule has 1 aromatic heterocycles. The summed E-state index contributed by atoms with van der Waals surface area (Å²) in [7, 11) is 0. The summed E-state index contributed by atoms with van der Waals surface area (Å²) in [6.07, 6.45) is 1.42. The van der Waals surface area contributed by atoms with E-state index >= 15 is 0 Å². The Balaban J connectivity index is 3.17. The molecule has 6 heteroatoms. The molecule has 0 unspecified atom stereocenters. The van der Waals surface area contributed by atoms with Gasteiger partial charge in [0.2, 0.25) is 0 Å². The molecule has 0 bridgehead atoms. The van der Waals surface area contributed by atoms with E-state index in [0.29, 0.717) is 11.0 Å². The van der Waals surface area contributed by atoms with E-state index in [4.69, 9.17) is 0 Å². The van der Waals surface area contributed by atoms with Gasteiger partial charge in [0.25, 0.3) is 0 Å². The topological polar surface area (TPSA) is 61.0 Å². The standard InChI is InChI=1S/C5H6BrN3O2/c1-2-8-5(9(10)11)4(6)3-7-8/h3H,2H2,1H3. The van der Waals surface area contributed by atoms with Crippen molar-refractivity contribution in [2.75, 3.05) is 0 Å². The lowest BCUT2D eigenvalue weighted by molar-refractivity contribution is -0.393. The van der Waals surface area contributed by atoms with Gasteiger partial charge in [-0.1, -0.05) is 5.10 Å². The lowest BCUT2D eigenvalue weighted by atomic mass is 10.6. The van der Waals surface area contributed by atoms with Crippen LogP contribution in [0.15, 0.2) is 10.7 Å². The number of aromatic nitrogens is 2. The number of rotatable bonds is 2. The molecule has 0 saturated heterocycles. The summed E-state index contributed by atoms with van der Waals surface area (Å²) in [6.45, 7) is 2.30. The molecule has 0 aliphatic rings. The zero-order valence-corrected chi connectivity index (χ0v) is 7.41. The minimum Gasteiger partial charge on any atom is -0.358 e. The summed E-state index contributed by atoms with van der Waals surface area (Å²) in [5.74, 6) is 0.00694. The molecule has 0 spiro atoms. The van der Waals surface area contributed by atoms with Crippen molar-refractivity contribution in [2.24, 2.45) is 0 Å². The fraction of sp³-hybridized carbons (Fsp3) is 0.400. The molecule has 60 valence electrons. The highest BCUT2D eigenvalue weighted by Crippen LogP contribution is 2.23. The smallest absolute Gasteiger partial charge is 0.358 e. The number of hydrogen-bond donors (Lipinski definition) is 0. The number of aryl methyl sites for hydroxylation is 1. The molecule has 1 heterocycles. The van der Waals surface area contributed by atoms with Crippen LogP contribution in [0.3, 0.4) is 0 Å². The van der Waals surface area contributed by atoms with Gasteiger partial charge in [-0.05, 0) is 27.8 Å². The molecule has 0 radical (unpaired) electrons. The van der Waals surface area contributed by atoms with E-state index in [-0.39, 0.29) is 5.82 Å². The number of halogens is 1. The molecule has 0 fully saturated rings. The molecule has 0 aromatic carbocycles. The molecule has 1 aromatic rings. The second-order valence-electron chi connectivity index (χ2n) is 1.89. The van der Waals surface area contributed by atoms with Gasteiger partial charge in [-0.3, -0.25) is 0 Å². The Labute approximate surface area is 71.3 Å². The molecule has 0 aliphatic carbocycles. The van der Waals surface area contributed by atoms with Crippen LogP contribution in [0.5, 0.6) is 0 Å². The van der Waals surface area contributed by atoms with Crippen LogP contribution in [0.25, 0.3) is 0 Å². The zero-order chi connectivity index (χ0) is 8.43. The first-order chi connectivity index (χ1) is 5.16. The van der Waals surface area contributed by atoms with E-state index in [1.165, 1.54) is 10.9 Å². The molecule has 0 N–H and O–H groups in total. The summed E-state index contributed by atoms with van der Waals surface area (Å²) in [4.78, 5) is 9.92. The van der Waals surface area contributed by atoms with Gasteiger partial charge in [0.05, 0.1) is 6.20 Å². The number of hydrogen-bond acceptors (Lipinski definition) is 3. The van der Waals surface area contributed by atoms with Crippen molar-refractivity contribution >= 4 is 21.7 Å². The highest BCUT2D eigenvalue weighted by molar-refractivity contribution is 9.10. The minimum atomic E-state index is -0.458. The molecule has 0 amide bonds. The maximum absolute atomic E-state index is 10.4. The summed E-state index contributed by atoms with van der Waals surface area (Å²) < 4.78 is 1.74. The summed E-state index contributed by atoms with van der Waals surface area (Å²) >= 11 is 3.03. The monoisotopic (exact) mass is 219 g/mol. The van der Waals surface area contributed by atoms with E-state index in [2.05, 4.69) is 21.0 Å². The predicted molar refractivity (Wildman–Crippen MR) is 42.3 cm³/mol. The van der Waals surface area contributed by atoms with Crippen LogP contribution in [-0.4, -0.2) is 14.7 Å². The second-order valence-corrected chi connectivity index (χ2v) is 2.74. The molecule has 0 aliphatic heterocycles. The molecular formula is C5H6BrN3O2. The highest BCUT2D eigenvalue weighted by atomic mass is 79.9. The first-order valence-electron chi connectivity index (χ1n) is 3.02. The van der Waals surface area contributed by atoms with Crippen LogP contribution in [0.2, 0.25) is 0 Å². The molecule has 5 nitrogen and oxygen atoms in total. The van der Waals surface area contributed by atoms with Crippen LogP contribution in [0, 0.1) is 10.1 Å². The van der Waals surface area contributed by atoms with Gasteiger partial charge in [0.15, 0.2) is 0 Å². The Kier molecular flexibility index (Phi) is 2.23. The fourth-order valence-corrected chi connectivity index (χ4v) is 1.21. The first kappa shape index (κ1) is 8.19. The van der Waals surface area contributed by atoms with Crippen molar-refractivity contribution in [3.63, 3.8) is 0 Å². The van der Waals surface area contributed by atoms with Gasteiger partial charge < -0.3 is 10.1 Å². The predicted octanol–water partition coefficient (Wildman–Crippen LogP) is 1.57. The van der Waals surface area contributed by atoms with Crippen molar-refractivity contribution in [3.8, 4) is 0 Å². The number of nitrogens with zero attached hydrogens (tertiary/aromatic N) is 3. The van der Waals surface area contributed by atoms with Crippen LogP contribution in [0.1, 0.15) is 6.92 Å². The highest BCUT2D eigenvalue weighted by Gasteiger charge is 2.17. The van der Waals surface area contributed by atoms with E-state index in [1.807, 2.05) is 0 Å². The molecule has 11 heavy (non-hydrogen) atoms. The average Bonchev–Trinajstić information content (AvgIpc) is 2.30. The summed E-state index contributed by atoms with van der Waals surface area (Å²) in [5.41, 5.74) is 0. The Morgan fingerprint density at radius 3 is 2.91 bits per heavy atom. The van der Waals surface area contributed by atoms with Crippen molar-refractivity contribution in [1.82, 2.24) is 9.78 Å². The van der Waals surface area contributed by atoms with Crippen molar-refractivity contribution in [2.45, 2.75) is 13.5 Å². The Bertz CT molecular complexity index is 283. The van der Waals surface area contributed by atoms with Crippen LogP contribution in [-0.2, 0) is 6.54 Å². The third-order valence-corrected chi connectivity index (χ3v) is 1.80. The average molecular weight is 220 g/mol. The summed E-state index contributed by atoms with van der Waals surface area (Å²) in [5, 5.41) is 14.2. The van der Waals surface area contributed by atoms with Gasteiger partial charge in [-0.25, -0.2) is 0 Å². The van der Waals surface area contributed by atoms with E-state index in [0.717, 1.165) is 0 Å². The van der Waals surface area contributed by atoms with Crippen LogP contribution in [0.4, 0.5) is 5.82 Å². The van der Waals surface area contributed by atoms with Gasteiger partial charge >= 0.3 is 5.82 Å². The zero-order valence-electron chi connectivity index (χ0n) is 5.82. The fourth-order valence-electron chi connectivity index (χ4n) is 0.769. The Hall–Kier alpha value is -0.910. The third-order valence-electron chi connectivity index (χ3n) is 1.24. The quantitative estimate of drug-likeness (QED) is 0.561. The van der Waals surface area contributed by atoms with Gasteiger partial charge in [-0.15, -0.1) is 4.68 Å². The Morgan fingerprint density at radius 1 is 1.91 bits per heavy atom. The van der Waals surface area contributed by atoms with E-state index in [1.54, 1.807) is 6.92 Å². The van der Waals surface area contributed by atoms with E-state index < -0.39 is 4.92 Å².